The molecule has 0 aliphatic rings. The Morgan fingerprint density at radius 2 is 1.82 bits per heavy atom. The predicted octanol–water partition coefficient (Wildman–Crippen LogP) is 2.55. The minimum atomic E-state index is -0.0669. The molecule has 0 aromatic heterocycles. The van der Waals surface area contributed by atoms with Crippen molar-refractivity contribution in [2.24, 2.45) is 23.0 Å². The SMILES string of the molecule is CCC(NC(=O)C(CN)CC(C)(C)C)C(C)C. The zero-order valence-corrected chi connectivity index (χ0v) is 12.3. The second-order valence-electron chi connectivity index (χ2n) is 6.46. The number of rotatable bonds is 6. The highest BCUT2D eigenvalue weighted by atomic mass is 16.1. The number of carbonyl (C=O) groups excluding carboxylic acids is 1. The molecule has 2 atom stereocenters. The van der Waals surface area contributed by atoms with Crippen LogP contribution in [-0.2, 0) is 4.79 Å². The molecule has 102 valence electrons. The molecule has 0 bridgehead atoms. The van der Waals surface area contributed by atoms with E-state index in [4.69, 9.17) is 5.73 Å². The first-order chi connectivity index (χ1) is 7.71. The van der Waals surface area contributed by atoms with E-state index in [1.807, 2.05) is 0 Å². The summed E-state index contributed by atoms with van der Waals surface area (Å²) >= 11 is 0. The Bertz CT molecular complexity index is 231. The van der Waals surface area contributed by atoms with Crippen molar-refractivity contribution in [3.63, 3.8) is 0 Å². The van der Waals surface area contributed by atoms with Gasteiger partial charge >= 0.3 is 0 Å². The minimum absolute atomic E-state index is 0.0669. The summed E-state index contributed by atoms with van der Waals surface area (Å²) in [6.45, 7) is 13.2. The lowest BCUT2D eigenvalue weighted by Gasteiger charge is -2.27. The van der Waals surface area contributed by atoms with E-state index in [0.29, 0.717) is 12.5 Å². The van der Waals surface area contributed by atoms with Crippen molar-refractivity contribution >= 4 is 5.91 Å². The lowest BCUT2D eigenvalue weighted by Crippen LogP contribution is -2.44. The van der Waals surface area contributed by atoms with Crippen LogP contribution >= 0.6 is 0 Å². The first-order valence-corrected chi connectivity index (χ1v) is 6.71. The van der Waals surface area contributed by atoms with E-state index in [0.717, 1.165) is 12.8 Å². The zero-order chi connectivity index (χ0) is 13.6. The molecular weight excluding hydrogens is 212 g/mol. The van der Waals surface area contributed by atoms with Crippen LogP contribution in [-0.4, -0.2) is 18.5 Å². The van der Waals surface area contributed by atoms with E-state index >= 15 is 0 Å². The Hall–Kier alpha value is -0.570. The van der Waals surface area contributed by atoms with Crippen LogP contribution in [0.25, 0.3) is 0 Å². The molecule has 3 heteroatoms. The summed E-state index contributed by atoms with van der Waals surface area (Å²) in [5.74, 6) is 0.516. The van der Waals surface area contributed by atoms with Gasteiger partial charge in [-0.15, -0.1) is 0 Å². The third-order valence-electron chi connectivity index (χ3n) is 3.09. The van der Waals surface area contributed by atoms with E-state index in [-0.39, 0.29) is 23.3 Å². The number of nitrogens with two attached hydrogens (primary N) is 1. The molecule has 0 aromatic carbocycles. The minimum Gasteiger partial charge on any atom is -0.353 e. The fourth-order valence-electron chi connectivity index (χ4n) is 2.06. The Labute approximate surface area is 107 Å². The summed E-state index contributed by atoms with van der Waals surface area (Å²) in [4.78, 5) is 12.1. The number of carbonyl (C=O) groups is 1. The molecule has 0 spiro atoms. The monoisotopic (exact) mass is 242 g/mol. The maximum Gasteiger partial charge on any atom is 0.224 e. The van der Waals surface area contributed by atoms with Crippen LogP contribution in [0.1, 0.15) is 54.4 Å². The smallest absolute Gasteiger partial charge is 0.224 e. The molecule has 0 radical (unpaired) electrons. The first-order valence-electron chi connectivity index (χ1n) is 6.71. The van der Waals surface area contributed by atoms with E-state index in [9.17, 15) is 4.79 Å². The van der Waals surface area contributed by atoms with Gasteiger partial charge in [0.05, 0.1) is 5.92 Å². The van der Waals surface area contributed by atoms with Crippen LogP contribution < -0.4 is 11.1 Å². The van der Waals surface area contributed by atoms with Gasteiger partial charge in [0.1, 0.15) is 0 Å². The van der Waals surface area contributed by atoms with Crippen molar-refractivity contribution in [3.8, 4) is 0 Å². The second-order valence-corrected chi connectivity index (χ2v) is 6.46. The van der Waals surface area contributed by atoms with E-state index in [1.165, 1.54) is 0 Å². The molecule has 0 heterocycles. The second kappa shape index (κ2) is 7.00. The Balaban J connectivity index is 4.44. The molecule has 3 N–H and O–H groups in total. The largest absolute Gasteiger partial charge is 0.353 e. The summed E-state index contributed by atoms with van der Waals surface area (Å²) in [6.07, 6.45) is 1.81. The molecule has 17 heavy (non-hydrogen) atoms. The molecule has 2 unspecified atom stereocenters. The maximum atomic E-state index is 12.1. The van der Waals surface area contributed by atoms with Gasteiger partial charge in [0, 0.05) is 12.6 Å². The summed E-state index contributed by atoms with van der Waals surface area (Å²) in [5.41, 5.74) is 5.85. The molecule has 0 aromatic rings. The van der Waals surface area contributed by atoms with Crippen LogP contribution in [0.4, 0.5) is 0 Å². The average Bonchev–Trinajstić information content (AvgIpc) is 2.20. The molecule has 0 fully saturated rings. The lowest BCUT2D eigenvalue weighted by atomic mass is 9.84. The van der Waals surface area contributed by atoms with Gasteiger partial charge < -0.3 is 11.1 Å². The van der Waals surface area contributed by atoms with Gasteiger partial charge in [0.25, 0.3) is 0 Å². The van der Waals surface area contributed by atoms with Gasteiger partial charge in [-0.05, 0) is 24.2 Å². The zero-order valence-electron chi connectivity index (χ0n) is 12.3. The van der Waals surface area contributed by atoms with Crippen molar-refractivity contribution in [2.45, 2.75) is 60.4 Å². The fraction of sp³-hybridized carbons (Fsp3) is 0.929. The van der Waals surface area contributed by atoms with Gasteiger partial charge in [-0.1, -0.05) is 41.5 Å². The molecule has 0 rings (SSSR count). The predicted molar refractivity (Wildman–Crippen MR) is 73.7 cm³/mol. The summed E-state index contributed by atoms with van der Waals surface area (Å²) in [5, 5.41) is 3.12. The van der Waals surface area contributed by atoms with Crippen molar-refractivity contribution in [1.82, 2.24) is 5.32 Å². The lowest BCUT2D eigenvalue weighted by molar-refractivity contribution is -0.126. The number of hydrogen-bond acceptors (Lipinski definition) is 2. The van der Waals surface area contributed by atoms with E-state index in [1.54, 1.807) is 0 Å². The quantitative estimate of drug-likeness (QED) is 0.752. The normalized spacial score (nSPS) is 15.8. The number of amides is 1. The van der Waals surface area contributed by atoms with E-state index < -0.39 is 0 Å². The number of hydrogen-bond donors (Lipinski definition) is 2. The van der Waals surface area contributed by atoms with Crippen LogP contribution in [0.5, 0.6) is 0 Å². The van der Waals surface area contributed by atoms with Crippen molar-refractivity contribution in [1.29, 1.82) is 0 Å². The van der Waals surface area contributed by atoms with Gasteiger partial charge in [0.2, 0.25) is 5.91 Å². The maximum absolute atomic E-state index is 12.1. The molecular formula is C14H30N2O. The highest BCUT2D eigenvalue weighted by molar-refractivity contribution is 5.79. The van der Waals surface area contributed by atoms with Gasteiger partial charge in [-0.25, -0.2) is 0 Å². The van der Waals surface area contributed by atoms with Crippen molar-refractivity contribution < 1.29 is 4.79 Å². The van der Waals surface area contributed by atoms with E-state index in [2.05, 4.69) is 46.9 Å². The molecule has 3 nitrogen and oxygen atoms in total. The summed E-state index contributed by atoms with van der Waals surface area (Å²) < 4.78 is 0. The Morgan fingerprint density at radius 3 is 2.12 bits per heavy atom. The van der Waals surface area contributed by atoms with Gasteiger partial charge in [0.15, 0.2) is 0 Å². The molecule has 0 saturated carbocycles. The summed E-state index contributed by atoms with van der Waals surface area (Å²) in [6, 6.07) is 0.261. The third-order valence-corrected chi connectivity index (χ3v) is 3.09. The van der Waals surface area contributed by atoms with Crippen molar-refractivity contribution in [3.05, 3.63) is 0 Å². The van der Waals surface area contributed by atoms with Crippen LogP contribution in [0.3, 0.4) is 0 Å². The standard InChI is InChI=1S/C14H30N2O/c1-7-12(10(2)3)16-13(17)11(9-15)8-14(4,5)6/h10-12H,7-9,15H2,1-6H3,(H,16,17). The van der Waals surface area contributed by atoms with Gasteiger partial charge in [-0.2, -0.15) is 0 Å². The first kappa shape index (κ1) is 16.4. The highest BCUT2D eigenvalue weighted by Crippen LogP contribution is 2.24. The number of nitrogens with one attached hydrogen (secondary N) is 1. The molecule has 0 aliphatic carbocycles. The Morgan fingerprint density at radius 1 is 1.29 bits per heavy atom. The summed E-state index contributed by atoms with van der Waals surface area (Å²) in [7, 11) is 0. The van der Waals surface area contributed by atoms with Crippen LogP contribution in [0.2, 0.25) is 0 Å². The highest BCUT2D eigenvalue weighted by Gasteiger charge is 2.25. The van der Waals surface area contributed by atoms with Crippen LogP contribution in [0, 0.1) is 17.3 Å². The average molecular weight is 242 g/mol. The van der Waals surface area contributed by atoms with Crippen molar-refractivity contribution in [2.75, 3.05) is 6.54 Å². The topological polar surface area (TPSA) is 55.1 Å². The Kier molecular flexibility index (Phi) is 6.76. The third kappa shape index (κ3) is 6.67. The molecule has 0 saturated heterocycles. The fourth-order valence-corrected chi connectivity index (χ4v) is 2.06. The van der Waals surface area contributed by atoms with Crippen LogP contribution in [0.15, 0.2) is 0 Å². The van der Waals surface area contributed by atoms with Gasteiger partial charge in [-0.3, -0.25) is 4.79 Å². The molecule has 1 amide bonds. The molecule has 0 aliphatic heterocycles.